The van der Waals surface area contributed by atoms with Crippen LogP contribution in [0.15, 0.2) is 27.6 Å². The third-order valence-electron chi connectivity index (χ3n) is 4.51. The molecule has 1 aromatic carbocycles. The van der Waals surface area contributed by atoms with Crippen LogP contribution < -0.4 is 0 Å². The van der Waals surface area contributed by atoms with Crippen molar-refractivity contribution in [3.8, 4) is 0 Å². The number of nitrogens with zero attached hydrogens (tertiary/aromatic N) is 4. The van der Waals surface area contributed by atoms with E-state index >= 15 is 0 Å². The maximum atomic E-state index is 12.8. The summed E-state index contributed by atoms with van der Waals surface area (Å²) in [6, 6.07) is 4.30. The maximum Gasteiger partial charge on any atom is 0.243 e. The van der Waals surface area contributed by atoms with E-state index in [0.29, 0.717) is 49.3 Å². The van der Waals surface area contributed by atoms with Crippen LogP contribution in [0, 0.1) is 0 Å². The number of halogens is 2. The number of hydrogen-bond acceptors (Lipinski definition) is 6. The van der Waals surface area contributed by atoms with Crippen molar-refractivity contribution in [3.63, 3.8) is 0 Å². The first-order chi connectivity index (χ1) is 12.3. The Kier molecular flexibility index (Phi) is 5.88. The SMILES string of the molecule is CCc1noc([C@@H](C)N2CCN(S(=O)(=O)c3ccc(Cl)c(Cl)c3)CC2)n1. The maximum absolute atomic E-state index is 12.8. The third kappa shape index (κ3) is 3.89. The molecule has 26 heavy (non-hydrogen) atoms. The summed E-state index contributed by atoms with van der Waals surface area (Å²) in [5.41, 5.74) is 0. The van der Waals surface area contributed by atoms with Crippen molar-refractivity contribution in [1.82, 2.24) is 19.3 Å². The van der Waals surface area contributed by atoms with Gasteiger partial charge in [-0.05, 0) is 25.1 Å². The monoisotopic (exact) mass is 418 g/mol. The summed E-state index contributed by atoms with van der Waals surface area (Å²) in [5.74, 6) is 1.23. The lowest BCUT2D eigenvalue weighted by Crippen LogP contribution is -2.49. The molecule has 0 bridgehead atoms. The van der Waals surface area contributed by atoms with Crippen LogP contribution >= 0.6 is 23.2 Å². The zero-order valence-corrected chi connectivity index (χ0v) is 16.9. The predicted molar refractivity (Wildman–Crippen MR) is 98.9 cm³/mol. The van der Waals surface area contributed by atoms with Crippen molar-refractivity contribution in [2.75, 3.05) is 26.2 Å². The minimum atomic E-state index is -3.60. The van der Waals surface area contributed by atoms with Gasteiger partial charge in [0, 0.05) is 32.6 Å². The molecule has 0 aliphatic carbocycles. The zero-order chi connectivity index (χ0) is 18.9. The first-order valence-electron chi connectivity index (χ1n) is 8.34. The van der Waals surface area contributed by atoms with Crippen LogP contribution in [0.2, 0.25) is 10.0 Å². The van der Waals surface area contributed by atoms with Gasteiger partial charge in [-0.2, -0.15) is 9.29 Å². The molecule has 1 saturated heterocycles. The second-order valence-corrected chi connectivity index (χ2v) is 8.85. The summed E-state index contributed by atoms with van der Waals surface area (Å²) in [5, 5.41) is 4.47. The molecule has 3 rings (SSSR count). The minimum Gasteiger partial charge on any atom is -0.338 e. The molecular formula is C16H20Cl2N4O3S. The van der Waals surface area contributed by atoms with Crippen molar-refractivity contribution in [2.24, 2.45) is 0 Å². The van der Waals surface area contributed by atoms with Crippen LogP contribution in [-0.2, 0) is 16.4 Å². The fraction of sp³-hybridized carbons (Fsp3) is 0.500. The molecule has 0 spiro atoms. The lowest BCUT2D eigenvalue weighted by molar-refractivity contribution is 0.124. The van der Waals surface area contributed by atoms with Gasteiger partial charge in [0.2, 0.25) is 15.9 Å². The first kappa shape index (κ1) is 19.6. The highest BCUT2D eigenvalue weighted by Gasteiger charge is 2.32. The number of aromatic nitrogens is 2. The van der Waals surface area contributed by atoms with Gasteiger partial charge in [-0.15, -0.1) is 0 Å². The van der Waals surface area contributed by atoms with E-state index in [4.69, 9.17) is 27.7 Å². The molecule has 1 atom stereocenters. The van der Waals surface area contributed by atoms with Gasteiger partial charge in [0.15, 0.2) is 5.82 Å². The average molecular weight is 419 g/mol. The lowest BCUT2D eigenvalue weighted by atomic mass is 10.2. The van der Waals surface area contributed by atoms with E-state index in [9.17, 15) is 8.42 Å². The Bertz CT molecular complexity index is 879. The van der Waals surface area contributed by atoms with Gasteiger partial charge in [-0.3, -0.25) is 4.90 Å². The van der Waals surface area contributed by atoms with Gasteiger partial charge in [0.25, 0.3) is 0 Å². The smallest absolute Gasteiger partial charge is 0.243 e. The molecule has 2 aromatic rings. The van der Waals surface area contributed by atoms with Crippen molar-refractivity contribution < 1.29 is 12.9 Å². The summed E-state index contributed by atoms with van der Waals surface area (Å²) in [6.45, 7) is 5.85. The fourth-order valence-electron chi connectivity index (χ4n) is 2.85. The molecule has 1 fully saturated rings. The van der Waals surface area contributed by atoms with Gasteiger partial charge >= 0.3 is 0 Å². The largest absolute Gasteiger partial charge is 0.338 e. The number of aryl methyl sites for hydroxylation is 1. The molecule has 1 aliphatic heterocycles. The molecule has 0 unspecified atom stereocenters. The van der Waals surface area contributed by atoms with E-state index in [0.717, 1.165) is 0 Å². The zero-order valence-electron chi connectivity index (χ0n) is 14.5. The van der Waals surface area contributed by atoms with Crippen molar-refractivity contribution >= 4 is 33.2 Å². The molecule has 7 nitrogen and oxygen atoms in total. The Hall–Kier alpha value is -1.19. The van der Waals surface area contributed by atoms with Gasteiger partial charge in [0.05, 0.1) is 21.0 Å². The van der Waals surface area contributed by atoms with Crippen LogP contribution in [0.25, 0.3) is 0 Å². The molecule has 0 amide bonds. The predicted octanol–water partition coefficient (Wildman–Crippen LogP) is 3.01. The fourth-order valence-corrected chi connectivity index (χ4v) is 4.67. The van der Waals surface area contributed by atoms with Crippen LogP contribution in [0.1, 0.15) is 31.6 Å². The van der Waals surface area contributed by atoms with Crippen LogP contribution in [0.3, 0.4) is 0 Å². The molecule has 1 aliphatic rings. The van der Waals surface area contributed by atoms with Gasteiger partial charge in [-0.25, -0.2) is 8.42 Å². The molecule has 142 valence electrons. The number of piperazine rings is 1. The Balaban J connectivity index is 1.68. The first-order valence-corrected chi connectivity index (χ1v) is 10.5. The van der Waals surface area contributed by atoms with E-state index in [-0.39, 0.29) is 16.0 Å². The van der Waals surface area contributed by atoms with Crippen molar-refractivity contribution in [2.45, 2.75) is 31.2 Å². The van der Waals surface area contributed by atoms with Crippen LogP contribution in [0.4, 0.5) is 0 Å². The molecule has 1 aromatic heterocycles. The van der Waals surface area contributed by atoms with Crippen molar-refractivity contribution in [3.05, 3.63) is 40.0 Å². The van der Waals surface area contributed by atoms with Crippen LogP contribution in [0.5, 0.6) is 0 Å². The quantitative estimate of drug-likeness (QED) is 0.742. The molecule has 0 N–H and O–H groups in total. The standard InChI is InChI=1S/C16H20Cl2N4O3S/c1-3-15-19-16(25-20-15)11(2)21-6-8-22(9-7-21)26(23,24)12-4-5-13(17)14(18)10-12/h4-5,10-11H,3,6-9H2,1-2H3/t11-/m1/s1. The Labute approximate surface area is 162 Å². The number of sulfonamides is 1. The van der Waals surface area contributed by atoms with Gasteiger partial charge in [0.1, 0.15) is 0 Å². The van der Waals surface area contributed by atoms with E-state index in [1.165, 1.54) is 22.5 Å². The van der Waals surface area contributed by atoms with E-state index in [1.807, 2.05) is 13.8 Å². The van der Waals surface area contributed by atoms with Crippen LogP contribution in [-0.4, -0.2) is 53.9 Å². The summed E-state index contributed by atoms with van der Waals surface area (Å²) >= 11 is 11.8. The summed E-state index contributed by atoms with van der Waals surface area (Å²) < 4.78 is 32.4. The summed E-state index contributed by atoms with van der Waals surface area (Å²) in [7, 11) is -3.60. The molecule has 10 heteroatoms. The highest BCUT2D eigenvalue weighted by atomic mass is 35.5. The molecular weight excluding hydrogens is 399 g/mol. The number of rotatable bonds is 5. The Morgan fingerprint density at radius 3 is 2.46 bits per heavy atom. The Morgan fingerprint density at radius 2 is 1.88 bits per heavy atom. The summed E-state index contributed by atoms with van der Waals surface area (Å²) in [4.78, 5) is 6.64. The van der Waals surface area contributed by atoms with E-state index < -0.39 is 10.0 Å². The lowest BCUT2D eigenvalue weighted by Gasteiger charge is -2.36. The van der Waals surface area contributed by atoms with E-state index in [1.54, 1.807) is 0 Å². The number of benzene rings is 1. The minimum absolute atomic E-state index is 0.0577. The van der Waals surface area contributed by atoms with Gasteiger partial charge in [-0.1, -0.05) is 35.3 Å². The van der Waals surface area contributed by atoms with E-state index in [2.05, 4.69) is 15.0 Å². The second kappa shape index (κ2) is 7.82. The van der Waals surface area contributed by atoms with Gasteiger partial charge < -0.3 is 4.52 Å². The third-order valence-corrected chi connectivity index (χ3v) is 7.14. The highest BCUT2D eigenvalue weighted by Crippen LogP contribution is 2.28. The Morgan fingerprint density at radius 1 is 1.19 bits per heavy atom. The van der Waals surface area contributed by atoms with Crippen molar-refractivity contribution in [1.29, 1.82) is 0 Å². The second-order valence-electron chi connectivity index (χ2n) is 6.09. The number of hydrogen-bond donors (Lipinski definition) is 0. The summed E-state index contributed by atoms with van der Waals surface area (Å²) in [6.07, 6.45) is 0.714. The normalized spacial score (nSPS) is 18.2. The highest BCUT2D eigenvalue weighted by molar-refractivity contribution is 7.89. The average Bonchev–Trinajstić information content (AvgIpc) is 3.12. The topological polar surface area (TPSA) is 79.5 Å². The molecule has 0 saturated carbocycles. The molecule has 2 heterocycles. The molecule has 0 radical (unpaired) electrons.